The lowest BCUT2D eigenvalue weighted by atomic mass is 10.4. The third-order valence-corrected chi connectivity index (χ3v) is 2.01. The molecule has 7 heteroatoms. The first kappa shape index (κ1) is 12.5. The highest BCUT2D eigenvalue weighted by molar-refractivity contribution is 6.32. The molecule has 0 spiro atoms. The minimum atomic E-state index is -0.441. The van der Waals surface area contributed by atoms with Gasteiger partial charge in [0.2, 0.25) is 5.91 Å². The second-order valence-corrected chi connectivity index (χ2v) is 3.85. The van der Waals surface area contributed by atoms with E-state index < -0.39 is 5.56 Å². The van der Waals surface area contributed by atoms with Crippen LogP contribution in [0.4, 0.5) is 5.82 Å². The van der Waals surface area contributed by atoms with Gasteiger partial charge in [-0.2, -0.15) is 0 Å². The van der Waals surface area contributed by atoms with Crippen LogP contribution in [0.5, 0.6) is 0 Å². The van der Waals surface area contributed by atoms with Gasteiger partial charge in [-0.1, -0.05) is 11.6 Å². The zero-order chi connectivity index (χ0) is 12.1. The molecule has 0 atom stereocenters. The molecule has 1 heterocycles. The maximum absolute atomic E-state index is 11.3. The zero-order valence-electron chi connectivity index (χ0n) is 9.00. The van der Waals surface area contributed by atoms with Crippen molar-refractivity contribution in [3.63, 3.8) is 0 Å². The summed E-state index contributed by atoms with van der Waals surface area (Å²) in [5.74, 6) is 0.0115. The van der Waals surface area contributed by atoms with Crippen LogP contribution < -0.4 is 16.2 Å². The lowest BCUT2D eigenvalue weighted by molar-refractivity contribution is -0.119. The third-order valence-electron chi connectivity index (χ3n) is 1.66. The summed E-state index contributed by atoms with van der Waals surface area (Å²) in [6.07, 6.45) is 1.22. The Labute approximate surface area is 97.4 Å². The topological polar surface area (TPSA) is 86.9 Å². The second kappa shape index (κ2) is 5.50. The van der Waals surface area contributed by atoms with Gasteiger partial charge < -0.3 is 15.6 Å². The molecule has 3 N–H and O–H groups in total. The second-order valence-electron chi connectivity index (χ2n) is 3.47. The van der Waals surface area contributed by atoms with Gasteiger partial charge in [0.15, 0.2) is 5.82 Å². The predicted octanol–water partition coefficient (Wildman–Crippen LogP) is 0.360. The van der Waals surface area contributed by atoms with Crippen molar-refractivity contribution in [2.75, 3.05) is 11.9 Å². The number of nitrogens with zero attached hydrogens (tertiary/aromatic N) is 1. The van der Waals surface area contributed by atoms with Gasteiger partial charge in [0.25, 0.3) is 5.56 Å². The molecule has 1 aromatic rings. The fraction of sp³-hybridized carbons (Fsp3) is 0.444. The number of aromatic nitrogens is 2. The molecule has 0 saturated carbocycles. The van der Waals surface area contributed by atoms with Crippen LogP contribution in [0.3, 0.4) is 0 Å². The quantitative estimate of drug-likeness (QED) is 0.714. The molecular weight excluding hydrogens is 232 g/mol. The van der Waals surface area contributed by atoms with Gasteiger partial charge in [0, 0.05) is 6.04 Å². The SMILES string of the molecule is CC(C)NC(=O)CNc1nc[nH]c(=O)c1Cl. The Balaban J connectivity index is 2.58. The van der Waals surface area contributed by atoms with Gasteiger partial charge in [-0.05, 0) is 13.8 Å². The lowest BCUT2D eigenvalue weighted by Gasteiger charge is -2.09. The van der Waals surface area contributed by atoms with E-state index in [0.29, 0.717) is 0 Å². The highest BCUT2D eigenvalue weighted by Crippen LogP contribution is 2.10. The standard InChI is InChI=1S/C9H13ClN4O2/c1-5(2)14-6(15)3-11-8-7(10)9(16)13-4-12-8/h4-5H,3H2,1-2H3,(H,14,15)(H2,11,12,13,16). The molecule has 16 heavy (non-hydrogen) atoms. The van der Waals surface area contributed by atoms with E-state index >= 15 is 0 Å². The summed E-state index contributed by atoms with van der Waals surface area (Å²) in [4.78, 5) is 28.5. The molecule has 1 amide bonds. The van der Waals surface area contributed by atoms with E-state index in [1.54, 1.807) is 0 Å². The van der Waals surface area contributed by atoms with Crippen LogP contribution in [0.2, 0.25) is 5.02 Å². The fourth-order valence-electron chi connectivity index (χ4n) is 1.04. The third kappa shape index (κ3) is 3.54. The van der Waals surface area contributed by atoms with Crippen LogP contribution in [-0.4, -0.2) is 28.5 Å². The van der Waals surface area contributed by atoms with E-state index in [1.807, 2.05) is 13.8 Å². The van der Waals surface area contributed by atoms with E-state index in [4.69, 9.17) is 11.6 Å². The number of hydrogen-bond acceptors (Lipinski definition) is 4. The summed E-state index contributed by atoms with van der Waals surface area (Å²) in [5.41, 5.74) is -0.441. The molecule has 0 aliphatic rings. The summed E-state index contributed by atoms with van der Waals surface area (Å²) in [7, 11) is 0. The molecule has 0 aliphatic heterocycles. The monoisotopic (exact) mass is 244 g/mol. The van der Waals surface area contributed by atoms with Gasteiger partial charge in [-0.15, -0.1) is 0 Å². The normalized spacial score (nSPS) is 10.2. The summed E-state index contributed by atoms with van der Waals surface area (Å²) in [6.45, 7) is 3.74. The van der Waals surface area contributed by atoms with Crippen molar-refractivity contribution >= 4 is 23.3 Å². The molecule has 1 aromatic heterocycles. The molecule has 0 radical (unpaired) electrons. The molecule has 6 nitrogen and oxygen atoms in total. The summed E-state index contributed by atoms with van der Waals surface area (Å²) in [6, 6.07) is 0.0666. The highest BCUT2D eigenvalue weighted by atomic mass is 35.5. The molecule has 88 valence electrons. The van der Waals surface area contributed by atoms with E-state index in [9.17, 15) is 9.59 Å². The summed E-state index contributed by atoms with van der Waals surface area (Å²) >= 11 is 5.68. The Morgan fingerprint density at radius 2 is 2.31 bits per heavy atom. The maximum Gasteiger partial charge on any atom is 0.271 e. The van der Waals surface area contributed by atoms with Crippen molar-refractivity contribution in [3.05, 3.63) is 21.7 Å². The van der Waals surface area contributed by atoms with Gasteiger partial charge in [0.1, 0.15) is 5.02 Å². The first-order valence-electron chi connectivity index (χ1n) is 4.77. The Morgan fingerprint density at radius 1 is 1.62 bits per heavy atom. The van der Waals surface area contributed by atoms with Gasteiger partial charge >= 0.3 is 0 Å². The molecule has 0 fully saturated rings. The number of aromatic amines is 1. The van der Waals surface area contributed by atoms with Gasteiger partial charge in [-0.25, -0.2) is 4.98 Å². The summed E-state index contributed by atoms with van der Waals surface area (Å²) < 4.78 is 0. The van der Waals surface area contributed by atoms with Crippen molar-refractivity contribution in [1.29, 1.82) is 0 Å². The molecule has 0 unspecified atom stereocenters. The number of carbonyl (C=O) groups excluding carboxylic acids is 1. The Hall–Kier alpha value is -1.56. The molecule has 0 bridgehead atoms. The predicted molar refractivity (Wildman–Crippen MR) is 61.6 cm³/mol. The Morgan fingerprint density at radius 3 is 2.94 bits per heavy atom. The van der Waals surface area contributed by atoms with Crippen molar-refractivity contribution < 1.29 is 4.79 Å². The van der Waals surface area contributed by atoms with E-state index in [-0.39, 0.29) is 29.3 Å². The summed E-state index contributed by atoms with van der Waals surface area (Å²) in [5, 5.41) is 5.32. The highest BCUT2D eigenvalue weighted by Gasteiger charge is 2.07. The van der Waals surface area contributed by atoms with E-state index in [2.05, 4.69) is 20.6 Å². The van der Waals surface area contributed by atoms with E-state index in [0.717, 1.165) is 0 Å². The Kier molecular flexibility index (Phi) is 4.30. The Bertz CT molecular complexity index is 430. The number of halogens is 1. The number of carbonyl (C=O) groups is 1. The van der Waals surface area contributed by atoms with Crippen LogP contribution in [0.25, 0.3) is 0 Å². The van der Waals surface area contributed by atoms with Crippen LogP contribution in [-0.2, 0) is 4.79 Å². The molecular formula is C9H13ClN4O2. The minimum absolute atomic E-state index is 0.0222. The number of amides is 1. The molecule has 0 aliphatic carbocycles. The first-order valence-corrected chi connectivity index (χ1v) is 5.15. The average Bonchev–Trinajstić information content (AvgIpc) is 2.19. The van der Waals surface area contributed by atoms with Crippen molar-refractivity contribution in [2.24, 2.45) is 0 Å². The number of hydrogen-bond donors (Lipinski definition) is 3. The number of nitrogens with one attached hydrogen (secondary N) is 3. The van der Waals surface area contributed by atoms with Gasteiger partial charge in [0.05, 0.1) is 12.9 Å². The van der Waals surface area contributed by atoms with Crippen LogP contribution >= 0.6 is 11.6 Å². The zero-order valence-corrected chi connectivity index (χ0v) is 9.76. The molecule has 0 aromatic carbocycles. The van der Waals surface area contributed by atoms with Gasteiger partial charge in [-0.3, -0.25) is 9.59 Å². The molecule has 1 rings (SSSR count). The number of rotatable bonds is 4. The minimum Gasteiger partial charge on any atom is -0.360 e. The van der Waals surface area contributed by atoms with Crippen LogP contribution in [0.1, 0.15) is 13.8 Å². The smallest absolute Gasteiger partial charge is 0.271 e. The maximum atomic E-state index is 11.3. The molecule has 0 saturated heterocycles. The van der Waals surface area contributed by atoms with Crippen molar-refractivity contribution in [1.82, 2.24) is 15.3 Å². The van der Waals surface area contributed by atoms with Crippen molar-refractivity contribution in [2.45, 2.75) is 19.9 Å². The van der Waals surface area contributed by atoms with Crippen LogP contribution in [0.15, 0.2) is 11.1 Å². The number of anilines is 1. The number of H-pyrrole nitrogens is 1. The van der Waals surface area contributed by atoms with Crippen molar-refractivity contribution in [3.8, 4) is 0 Å². The van der Waals surface area contributed by atoms with Crippen LogP contribution in [0, 0.1) is 0 Å². The largest absolute Gasteiger partial charge is 0.360 e. The average molecular weight is 245 g/mol. The first-order chi connectivity index (χ1) is 7.50. The van der Waals surface area contributed by atoms with E-state index in [1.165, 1.54) is 6.33 Å². The lowest BCUT2D eigenvalue weighted by Crippen LogP contribution is -2.35. The fourth-order valence-corrected chi connectivity index (χ4v) is 1.21.